The molecular weight excluding hydrogens is 428 g/mol. The number of hydrogen-bond donors (Lipinski definition) is 7. The average molecular weight is 450 g/mol. The number of carbonyl (C=O) groups is 1. The van der Waals surface area contributed by atoms with Crippen LogP contribution in [0, 0.1) is 0 Å². The largest absolute Gasteiger partial charge is 0.508 e. The highest BCUT2D eigenvalue weighted by Gasteiger charge is 2.45. The van der Waals surface area contributed by atoms with Gasteiger partial charge in [-0.25, -0.2) is 0 Å². The molecule has 0 radical (unpaired) electrons. The summed E-state index contributed by atoms with van der Waals surface area (Å²) < 4.78 is 16.3. The molecular formula is C21H22O11. The maximum absolute atomic E-state index is 12.8. The fourth-order valence-electron chi connectivity index (χ4n) is 3.71. The van der Waals surface area contributed by atoms with Crippen LogP contribution in [-0.4, -0.2) is 78.8 Å². The molecule has 1 saturated heterocycles. The summed E-state index contributed by atoms with van der Waals surface area (Å²) in [4.78, 5) is 12.8. The lowest BCUT2D eigenvalue weighted by atomic mass is 9.95. The summed E-state index contributed by atoms with van der Waals surface area (Å²) in [6.07, 6.45) is -8.94. The van der Waals surface area contributed by atoms with Gasteiger partial charge in [0.25, 0.3) is 0 Å². The van der Waals surface area contributed by atoms with Crippen LogP contribution in [0.5, 0.6) is 28.7 Å². The monoisotopic (exact) mass is 450 g/mol. The zero-order valence-corrected chi connectivity index (χ0v) is 16.5. The number of ether oxygens (including phenoxy) is 3. The fraction of sp³-hybridized carbons (Fsp3) is 0.381. The Morgan fingerprint density at radius 2 is 1.69 bits per heavy atom. The topological polar surface area (TPSA) is 186 Å². The molecule has 2 aliphatic heterocycles. The molecule has 172 valence electrons. The van der Waals surface area contributed by atoms with E-state index in [4.69, 9.17) is 14.2 Å². The third-order valence-corrected chi connectivity index (χ3v) is 5.46. The Morgan fingerprint density at radius 1 is 1.00 bits per heavy atom. The molecule has 2 aliphatic rings. The number of aliphatic hydroxyl groups is 4. The first-order chi connectivity index (χ1) is 15.2. The lowest BCUT2D eigenvalue weighted by Crippen LogP contribution is -2.60. The molecule has 0 bridgehead atoms. The highest BCUT2D eigenvalue weighted by atomic mass is 16.7. The second-order valence-electron chi connectivity index (χ2n) is 7.59. The number of phenolic OH excluding ortho intramolecular Hbond substituents is 3. The van der Waals surface area contributed by atoms with Gasteiger partial charge in [0.15, 0.2) is 17.3 Å². The minimum Gasteiger partial charge on any atom is -0.508 e. The molecule has 2 aromatic carbocycles. The Morgan fingerprint density at radius 3 is 2.34 bits per heavy atom. The van der Waals surface area contributed by atoms with Crippen LogP contribution in [0.25, 0.3) is 0 Å². The predicted molar refractivity (Wildman–Crippen MR) is 105 cm³/mol. The summed E-state index contributed by atoms with van der Waals surface area (Å²) in [6.45, 7) is -0.696. The number of benzene rings is 2. The van der Waals surface area contributed by atoms with Gasteiger partial charge in [0.2, 0.25) is 12.0 Å². The van der Waals surface area contributed by atoms with E-state index < -0.39 is 66.4 Å². The lowest BCUT2D eigenvalue weighted by Gasteiger charge is -2.39. The number of hydrogen-bond acceptors (Lipinski definition) is 11. The first-order valence-electron chi connectivity index (χ1n) is 9.76. The molecule has 2 unspecified atom stereocenters. The van der Waals surface area contributed by atoms with E-state index in [0.29, 0.717) is 5.56 Å². The van der Waals surface area contributed by atoms with Gasteiger partial charge >= 0.3 is 0 Å². The third kappa shape index (κ3) is 3.80. The van der Waals surface area contributed by atoms with Gasteiger partial charge < -0.3 is 50.0 Å². The van der Waals surface area contributed by atoms with Crippen molar-refractivity contribution >= 4 is 5.78 Å². The number of aliphatic hydroxyl groups excluding tert-OH is 4. The van der Waals surface area contributed by atoms with Gasteiger partial charge in [-0.2, -0.15) is 0 Å². The number of fused-ring (bicyclic) bond motifs is 1. The first-order valence-corrected chi connectivity index (χ1v) is 9.76. The number of Topliss-reactive ketones (excluding diaryl/α,β-unsaturated/α-hetero) is 1. The van der Waals surface area contributed by atoms with Gasteiger partial charge in [-0.15, -0.1) is 0 Å². The van der Waals surface area contributed by atoms with Crippen molar-refractivity contribution in [3.05, 3.63) is 41.5 Å². The smallest absolute Gasteiger partial charge is 0.229 e. The summed E-state index contributed by atoms with van der Waals surface area (Å²) in [5.41, 5.74) is 0.347. The number of rotatable bonds is 4. The summed E-state index contributed by atoms with van der Waals surface area (Å²) in [5.74, 6) is -2.57. The molecule has 0 aliphatic carbocycles. The summed E-state index contributed by atoms with van der Waals surface area (Å²) in [7, 11) is 0. The summed E-state index contributed by atoms with van der Waals surface area (Å²) in [6, 6.07) is 7.08. The molecule has 2 heterocycles. The lowest BCUT2D eigenvalue weighted by molar-refractivity contribution is -0.277. The minimum atomic E-state index is -1.78. The van der Waals surface area contributed by atoms with Crippen molar-refractivity contribution in [3.8, 4) is 28.7 Å². The van der Waals surface area contributed by atoms with E-state index in [2.05, 4.69) is 0 Å². The van der Waals surface area contributed by atoms with Gasteiger partial charge in [0.05, 0.1) is 13.0 Å². The number of carbonyl (C=O) groups excluding carboxylic acids is 1. The Balaban J connectivity index is 1.62. The molecule has 4 rings (SSSR count). The van der Waals surface area contributed by atoms with E-state index >= 15 is 0 Å². The second-order valence-corrected chi connectivity index (χ2v) is 7.59. The van der Waals surface area contributed by atoms with Crippen molar-refractivity contribution in [2.24, 2.45) is 0 Å². The highest BCUT2D eigenvalue weighted by Crippen LogP contribution is 2.49. The van der Waals surface area contributed by atoms with Crippen molar-refractivity contribution < 1.29 is 54.8 Å². The Kier molecular flexibility index (Phi) is 5.84. The number of phenols is 3. The van der Waals surface area contributed by atoms with E-state index in [0.717, 1.165) is 6.07 Å². The van der Waals surface area contributed by atoms with E-state index in [1.807, 2.05) is 0 Å². The fourth-order valence-corrected chi connectivity index (χ4v) is 3.71. The van der Waals surface area contributed by atoms with Crippen molar-refractivity contribution in [1.82, 2.24) is 0 Å². The van der Waals surface area contributed by atoms with E-state index in [9.17, 15) is 40.5 Å². The highest BCUT2D eigenvalue weighted by molar-refractivity contribution is 6.03. The number of ketones is 1. The molecule has 32 heavy (non-hydrogen) atoms. The van der Waals surface area contributed by atoms with E-state index in [1.165, 1.54) is 12.1 Å². The van der Waals surface area contributed by atoms with Gasteiger partial charge in [0.1, 0.15) is 47.6 Å². The molecule has 0 spiro atoms. The van der Waals surface area contributed by atoms with Gasteiger partial charge in [-0.05, 0) is 17.7 Å². The van der Waals surface area contributed by atoms with Crippen LogP contribution in [0.2, 0.25) is 0 Å². The number of aromatic hydroxyl groups is 3. The zero-order valence-electron chi connectivity index (χ0n) is 16.5. The molecule has 11 nitrogen and oxygen atoms in total. The van der Waals surface area contributed by atoms with Gasteiger partial charge in [-0.1, -0.05) is 12.1 Å². The van der Waals surface area contributed by atoms with Crippen LogP contribution < -0.4 is 9.47 Å². The van der Waals surface area contributed by atoms with E-state index in [1.54, 1.807) is 12.1 Å². The predicted octanol–water partition coefficient (Wildman–Crippen LogP) is -0.311. The maximum atomic E-state index is 12.8. The van der Waals surface area contributed by atoms with Crippen molar-refractivity contribution in [2.45, 2.75) is 43.2 Å². The van der Waals surface area contributed by atoms with Crippen LogP contribution in [0.3, 0.4) is 0 Å². The molecule has 1 fully saturated rings. The Bertz CT molecular complexity index is 1000. The van der Waals surface area contributed by atoms with Crippen LogP contribution in [0.1, 0.15) is 28.4 Å². The molecule has 0 aromatic heterocycles. The van der Waals surface area contributed by atoms with Crippen molar-refractivity contribution in [2.75, 3.05) is 6.61 Å². The molecule has 0 saturated carbocycles. The second kappa shape index (κ2) is 8.45. The van der Waals surface area contributed by atoms with E-state index in [-0.39, 0.29) is 23.5 Å². The molecule has 0 amide bonds. The van der Waals surface area contributed by atoms with Crippen molar-refractivity contribution in [3.63, 3.8) is 0 Å². The molecule has 2 aromatic rings. The third-order valence-electron chi connectivity index (χ3n) is 5.46. The minimum absolute atomic E-state index is 0.0431. The average Bonchev–Trinajstić information content (AvgIpc) is 2.76. The van der Waals surface area contributed by atoms with Crippen LogP contribution in [0.15, 0.2) is 30.3 Å². The first kappa shape index (κ1) is 22.1. The van der Waals surface area contributed by atoms with Crippen LogP contribution in [0.4, 0.5) is 0 Å². The molecule has 11 heteroatoms. The SMILES string of the molecule is O=C1CC(c2ccc(O)cc2)Oc2cc(O)c(OC3O[C@H](CO)[C@@H](O)[C@H](O)[C@H]3O)c(O)c21. The Labute approximate surface area is 181 Å². The zero-order chi connectivity index (χ0) is 23.2. The summed E-state index contributed by atoms with van der Waals surface area (Å²) >= 11 is 0. The van der Waals surface area contributed by atoms with Gasteiger partial charge in [0, 0.05) is 6.07 Å². The standard InChI is InChI=1S/C21H22O11/c22-7-14-16(26)18(28)19(29)21(31-14)32-20-11(25)6-13-15(17(20)27)10(24)5-12(30-13)8-1-3-9(23)4-2-8/h1-4,6,12,14,16,18-19,21-23,25-29H,5,7H2/t12?,14-,16-,18+,19-,21?/m1/s1. The van der Waals surface area contributed by atoms with Crippen LogP contribution >= 0.6 is 0 Å². The van der Waals surface area contributed by atoms with Crippen LogP contribution in [-0.2, 0) is 4.74 Å². The quantitative estimate of drug-likeness (QED) is 0.324. The normalized spacial score (nSPS) is 29.8. The van der Waals surface area contributed by atoms with Crippen molar-refractivity contribution in [1.29, 1.82) is 0 Å². The molecule has 7 N–H and O–H groups in total. The Hall–Kier alpha value is -3.09. The maximum Gasteiger partial charge on any atom is 0.229 e. The molecule has 6 atom stereocenters. The van der Waals surface area contributed by atoms with Gasteiger partial charge in [-0.3, -0.25) is 4.79 Å². The summed E-state index contributed by atoms with van der Waals surface area (Å²) in [5, 5.41) is 69.6.